The quantitative estimate of drug-likeness (QED) is 0.400. The minimum absolute atomic E-state index is 0.479. The molecule has 192 valence electrons. The molecule has 0 nitrogen and oxygen atoms in total. The largest absolute Gasteiger partial charge is 0.0628 e. The van der Waals surface area contributed by atoms with Gasteiger partial charge in [-0.1, -0.05) is 83.7 Å². The van der Waals surface area contributed by atoms with Crippen molar-refractivity contribution in [2.75, 3.05) is 0 Å². The average molecular weight is 473 g/mol. The van der Waals surface area contributed by atoms with Gasteiger partial charge in [0, 0.05) is 0 Å². The first-order valence-corrected chi connectivity index (χ1v) is 15.6. The Morgan fingerprint density at radius 1 is 0.829 bits per heavy atom. The second-order valence-electron chi connectivity index (χ2n) is 14.6. The van der Waals surface area contributed by atoms with Crippen molar-refractivity contribution in [2.45, 2.75) is 118 Å². The van der Waals surface area contributed by atoms with Crippen molar-refractivity contribution in [2.24, 2.45) is 52.3 Å². The van der Waals surface area contributed by atoms with Gasteiger partial charge in [-0.15, -0.1) is 0 Å². The normalized spacial score (nSPS) is 41.0. The molecule has 0 heteroatoms. The zero-order valence-electron chi connectivity index (χ0n) is 23.5. The lowest BCUT2D eigenvalue weighted by molar-refractivity contribution is -0.0897. The van der Waals surface area contributed by atoms with Gasteiger partial charge in [0.1, 0.15) is 0 Å². The van der Waals surface area contributed by atoms with Crippen LogP contribution in [0.2, 0.25) is 0 Å². The van der Waals surface area contributed by atoms with Crippen LogP contribution in [0.5, 0.6) is 0 Å². The van der Waals surface area contributed by atoms with Crippen LogP contribution in [0, 0.1) is 52.3 Å². The lowest BCUT2D eigenvalue weighted by atomic mass is 9.43. The number of benzene rings is 1. The summed E-state index contributed by atoms with van der Waals surface area (Å²) in [6, 6.07) is 9.41. The summed E-state index contributed by atoms with van der Waals surface area (Å²) in [4.78, 5) is 0. The standard InChI is InChI=1S/C35H52/c1-23(2)9-8-10-24(3)30-19-20-31-29-17-15-26-14-16-28-27-12-7-6-11-25(27)13-18-32(28)35(26,5)33(29)21-22-34(30,31)4/h6-7,11-12,23-24,26,29-31,33H,8-10,13-22H2,1-5H3. The Hall–Kier alpha value is -1.04. The van der Waals surface area contributed by atoms with Crippen molar-refractivity contribution in [3.63, 3.8) is 0 Å². The van der Waals surface area contributed by atoms with Crippen LogP contribution < -0.4 is 0 Å². The maximum absolute atomic E-state index is 2.78. The Labute approximate surface area is 216 Å². The molecular weight excluding hydrogens is 420 g/mol. The van der Waals surface area contributed by atoms with Gasteiger partial charge in [-0.3, -0.25) is 0 Å². The van der Waals surface area contributed by atoms with Gasteiger partial charge in [0.05, 0.1) is 0 Å². The maximum atomic E-state index is 2.78. The molecular formula is C35H52. The van der Waals surface area contributed by atoms with Crippen molar-refractivity contribution in [1.82, 2.24) is 0 Å². The van der Waals surface area contributed by atoms with Crippen LogP contribution in [-0.2, 0) is 6.42 Å². The number of hydrogen-bond donors (Lipinski definition) is 0. The molecule has 8 atom stereocenters. The van der Waals surface area contributed by atoms with E-state index in [1.54, 1.807) is 23.1 Å². The Bertz CT molecular complexity index is 966. The summed E-state index contributed by atoms with van der Waals surface area (Å²) in [6.07, 6.45) is 18.9. The third kappa shape index (κ3) is 3.74. The average Bonchev–Trinajstić information content (AvgIpc) is 3.20. The number of hydrogen-bond acceptors (Lipinski definition) is 0. The van der Waals surface area contributed by atoms with Crippen LogP contribution in [0.1, 0.15) is 123 Å². The van der Waals surface area contributed by atoms with Crippen molar-refractivity contribution in [1.29, 1.82) is 0 Å². The highest BCUT2D eigenvalue weighted by Crippen LogP contribution is 2.70. The highest BCUT2D eigenvalue weighted by atomic mass is 14.7. The number of rotatable bonds is 5. The predicted octanol–water partition coefficient (Wildman–Crippen LogP) is 10.1. The molecule has 0 spiro atoms. The molecule has 35 heavy (non-hydrogen) atoms. The van der Waals surface area contributed by atoms with E-state index in [0.717, 1.165) is 41.4 Å². The van der Waals surface area contributed by atoms with Crippen LogP contribution in [0.3, 0.4) is 0 Å². The minimum Gasteiger partial charge on any atom is -0.0628 e. The topological polar surface area (TPSA) is 0 Å². The van der Waals surface area contributed by atoms with E-state index in [4.69, 9.17) is 0 Å². The Balaban J connectivity index is 1.27. The summed E-state index contributed by atoms with van der Waals surface area (Å²) in [5, 5.41) is 0. The third-order valence-electron chi connectivity index (χ3n) is 12.8. The van der Waals surface area contributed by atoms with Gasteiger partial charge >= 0.3 is 0 Å². The van der Waals surface area contributed by atoms with E-state index in [0.29, 0.717) is 10.8 Å². The van der Waals surface area contributed by atoms with Crippen molar-refractivity contribution in [3.05, 3.63) is 41.0 Å². The Kier molecular flexibility index (Phi) is 6.29. The smallest absolute Gasteiger partial charge is 0.00509 e. The van der Waals surface area contributed by atoms with Gasteiger partial charge in [0.2, 0.25) is 0 Å². The Morgan fingerprint density at radius 3 is 2.49 bits per heavy atom. The lowest BCUT2D eigenvalue weighted by Crippen LogP contribution is -2.54. The lowest BCUT2D eigenvalue weighted by Gasteiger charge is -2.62. The fraction of sp³-hybridized carbons (Fsp3) is 0.771. The zero-order chi connectivity index (χ0) is 24.4. The van der Waals surface area contributed by atoms with E-state index < -0.39 is 0 Å². The van der Waals surface area contributed by atoms with Crippen LogP contribution in [0.4, 0.5) is 0 Å². The van der Waals surface area contributed by atoms with Crippen molar-refractivity contribution in [3.8, 4) is 0 Å². The second kappa shape index (κ2) is 9.06. The van der Waals surface area contributed by atoms with E-state index in [1.807, 2.05) is 5.57 Å². The maximum Gasteiger partial charge on any atom is -0.00509 e. The molecule has 6 rings (SSSR count). The second-order valence-corrected chi connectivity index (χ2v) is 14.6. The molecule has 0 aliphatic heterocycles. The van der Waals surface area contributed by atoms with E-state index in [-0.39, 0.29) is 0 Å². The highest BCUT2D eigenvalue weighted by molar-refractivity contribution is 5.75. The van der Waals surface area contributed by atoms with E-state index in [1.165, 1.54) is 77.0 Å². The van der Waals surface area contributed by atoms with E-state index in [9.17, 15) is 0 Å². The monoisotopic (exact) mass is 472 g/mol. The summed E-state index contributed by atoms with van der Waals surface area (Å²) in [5.74, 6) is 6.65. The zero-order valence-corrected chi connectivity index (χ0v) is 23.5. The van der Waals surface area contributed by atoms with Gasteiger partial charge in [-0.05, 0) is 133 Å². The van der Waals surface area contributed by atoms with Gasteiger partial charge in [0.15, 0.2) is 0 Å². The summed E-state index contributed by atoms with van der Waals surface area (Å²) in [6.45, 7) is 13.0. The fourth-order valence-corrected chi connectivity index (χ4v) is 11.2. The number of aryl methyl sites for hydroxylation is 1. The molecule has 0 N–H and O–H groups in total. The minimum atomic E-state index is 0.479. The number of allylic oxidation sites excluding steroid dienone is 2. The third-order valence-corrected chi connectivity index (χ3v) is 12.8. The molecule has 0 amide bonds. The molecule has 8 unspecified atom stereocenters. The van der Waals surface area contributed by atoms with Crippen LogP contribution in [0.15, 0.2) is 29.8 Å². The van der Waals surface area contributed by atoms with Crippen LogP contribution >= 0.6 is 0 Å². The molecule has 0 heterocycles. The molecule has 3 fully saturated rings. The van der Waals surface area contributed by atoms with Gasteiger partial charge in [0.25, 0.3) is 0 Å². The fourth-order valence-electron chi connectivity index (χ4n) is 11.2. The summed E-state index contributed by atoms with van der Waals surface area (Å²) in [7, 11) is 0. The molecule has 3 saturated carbocycles. The molecule has 0 radical (unpaired) electrons. The Morgan fingerprint density at radius 2 is 1.66 bits per heavy atom. The molecule has 5 aliphatic rings. The highest BCUT2D eigenvalue weighted by Gasteiger charge is 2.61. The van der Waals surface area contributed by atoms with Gasteiger partial charge in [-0.25, -0.2) is 0 Å². The van der Waals surface area contributed by atoms with Crippen LogP contribution in [-0.4, -0.2) is 0 Å². The van der Waals surface area contributed by atoms with Crippen LogP contribution in [0.25, 0.3) is 5.57 Å². The molecule has 0 aromatic heterocycles. The van der Waals surface area contributed by atoms with Crippen molar-refractivity contribution < 1.29 is 0 Å². The molecule has 1 aromatic rings. The first-order chi connectivity index (χ1) is 16.8. The first kappa shape index (κ1) is 24.3. The van der Waals surface area contributed by atoms with E-state index >= 15 is 0 Å². The summed E-state index contributed by atoms with van der Waals surface area (Å²) >= 11 is 0. The molecule has 0 bridgehead atoms. The molecule has 1 aromatic carbocycles. The van der Waals surface area contributed by atoms with Gasteiger partial charge < -0.3 is 0 Å². The predicted molar refractivity (Wildman–Crippen MR) is 150 cm³/mol. The molecule has 5 aliphatic carbocycles. The summed E-state index contributed by atoms with van der Waals surface area (Å²) < 4.78 is 0. The summed E-state index contributed by atoms with van der Waals surface area (Å²) in [5.41, 5.74) is 8.08. The number of fused-ring (bicyclic) bond motifs is 8. The van der Waals surface area contributed by atoms with Gasteiger partial charge in [-0.2, -0.15) is 0 Å². The SMILES string of the molecule is CC(C)CCCC(C)C1CCC2C3CCC4CCC5=C(CCc6ccccc65)C4(C)C3CCC12C. The molecule has 0 saturated heterocycles. The van der Waals surface area contributed by atoms with Crippen molar-refractivity contribution >= 4 is 5.57 Å². The van der Waals surface area contributed by atoms with E-state index in [2.05, 4.69) is 58.9 Å². The first-order valence-electron chi connectivity index (χ1n) is 15.6.